The van der Waals surface area contributed by atoms with Gasteiger partial charge >= 0.3 is 0 Å². The number of hydrogen-bond acceptors (Lipinski definition) is 5. The Morgan fingerprint density at radius 3 is 2.78 bits per heavy atom. The zero-order chi connectivity index (χ0) is 12.4. The first-order chi connectivity index (χ1) is 8.82. The highest BCUT2D eigenvalue weighted by atomic mass is 16.5. The minimum atomic E-state index is -0.306. The van der Waals surface area contributed by atoms with Crippen molar-refractivity contribution in [2.45, 2.75) is 63.1 Å². The normalized spacial score (nSPS) is 23.2. The second-order valence-electron chi connectivity index (χ2n) is 5.43. The van der Waals surface area contributed by atoms with Crippen LogP contribution in [0.15, 0.2) is 4.52 Å². The lowest BCUT2D eigenvalue weighted by molar-refractivity contribution is -0.0527. The van der Waals surface area contributed by atoms with Gasteiger partial charge in [0, 0.05) is 13.2 Å². The van der Waals surface area contributed by atoms with Gasteiger partial charge in [-0.3, -0.25) is 0 Å². The SMILES string of the molecule is COC1(c2noc(CNC3CC3)n2)CCCCC1. The summed E-state index contributed by atoms with van der Waals surface area (Å²) < 4.78 is 11.0. The van der Waals surface area contributed by atoms with Gasteiger partial charge in [0.15, 0.2) is 0 Å². The number of ether oxygens (including phenoxy) is 1. The Morgan fingerprint density at radius 2 is 2.11 bits per heavy atom. The third-order valence-electron chi connectivity index (χ3n) is 4.05. The highest BCUT2D eigenvalue weighted by molar-refractivity contribution is 5.03. The molecule has 1 N–H and O–H groups in total. The van der Waals surface area contributed by atoms with Gasteiger partial charge in [0.1, 0.15) is 5.60 Å². The van der Waals surface area contributed by atoms with Crippen molar-refractivity contribution in [2.24, 2.45) is 0 Å². The molecular weight excluding hydrogens is 230 g/mol. The lowest BCUT2D eigenvalue weighted by atomic mass is 9.84. The molecule has 2 fully saturated rings. The molecule has 0 radical (unpaired) electrons. The van der Waals surface area contributed by atoms with E-state index in [0.717, 1.165) is 18.7 Å². The van der Waals surface area contributed by atoms with E-state index in [1.54, 1.807) is 7.11 Å². The standard InChI is InChI=1S/C13H21N3O2/c1-17-13(7-3-2-4-8-13)12-15-11(18-16-12)9-14-10-5-6-10/h10,14H,2-9H2,1H3. The molecule has 5 heteroatoms. The van der Waals surface area contributed by atoms with Crippen molar-refractivity contribution in [3.05, 3.63) is 11.7 Å². The Bertz CT molecular complexity index is 395. The zero-order valence-electron chi connectivity index (χ0n) is 10.9. The summed E-state index contributed by atoms with van der Waals surface area (Å²) in [5, 5.41) is 7.51. The Hall–Kier alpha value is -0.940. The molecule has 0 bridgehead atoms. The van der Waals surface area contributed by atoms with Crippen LogP contribution in [-0.4, -0.2) is 23.3 Å². The molecule has 2 aliphatic carbocycles. The third-order valence-corrected chi connectivity index (χ3v) is 4.05. The van der Waals surface area contributed by atoms with Crippen molar-refractivity contribution in [3.63, 3.8) is 0 Å². The van der Waals surface area contributed by atoms with Gasteiger partial charge in [-0.1, -0.05) is 24.4 Å². The van der Waals surface area contributed by atoms with Crippen LogP contribution < -0.4 is 5.32 Å². The van der Waals surface area contributed by atoms with Crippen LogP contribution in [0, 0.1) is 0 Å². The molecule has 18 heavy (non-hydrogen) atoms. The highest BCUT2D eigenvalue weighted by Crippen LogP contribution is 2.38. The molecule has 2 saturated carbocycles. The predicted octanol–water partition coefficient (Wildman–Crippen LogP) is 2.13. The average Bonchev–Trinajstić information content (AvgIpc) is 3.14. The third kappa shape index (κ3) is 2.42. The topological polar surface area (TPSA) is 60.2 Å². The van der Waals surface area contributed by atoms with Gasteiger partial charge in [0.25, 0.3) is 0 Å². The molecule has 0 unspecified atom stereocenters. The Balaban J connectivity index is 1.69. The van der Waals surface area contributed by atoms with Crippen molar-refractivity contribution in [2.75, 3.05) is 7.11 Å². The minimum Gasteiger partial charge on any atom is -0.370 e. The van der Waals surface area contributed by atoms with E-state index in [-0.39, 0.29) is 5.60 Å². The van der Waals surface area contributed by atoms with Crippen LogP contribution in [0.2, 0.25) is 0 Å². The maximum Gasteiger partial charge on any atom is 0.240 e. The summed E-state index contributed by atoms with van der Waals surface area (Å²) in [5.41, 5.74) is -0.306. The van der Waals surface area contributed by atoms with E-state index in [2.05, 4.69) is 15.5 Å². The second-order valence-corrected chi connectivity index (χ2v) is 5.43. The number of hydrogen-bond donors (Lipinski definition) is 1. The molecule has 0 aliphatic heterocycles. The summed E-state index contributed by atoms with van der Waals surface area (Å²) in [6, 6.07) is 0.659. The summed E-state index contributed by atoms with van der Waals surface area (Å²) in [7, 11) is 1.75. The maximum absolute atomic E-state index is 5.71. The minimum absolute atomic E-state index is 0.306. The van der Waals surface area contributed by atoms with Crippen molar-refractivity contribution in [1.29, 1.82) is 0 Å². The highest BCUT2D eigenvalue weighted by Gasteiger charge is 2.38. The molecule has 1 aromatic heterocycles. The molecule has 0 saturated heterocycles. The lowest BCUT2D eigenvalue weighted by Crippen LogP contribution is -2.32. The number of nitrogens with zero attached hydrogens (tertiary/aromatic N) is 2. The summed E-state index contributed by atoms with van der Waals surface area (Å²) >= 11 is 0. The molecule has 1 aromatic rings. The molecular formula is C13H21N3O2. The Labute approximate surface area is 107 Å². The van der Waals surface area contributed by atoms with Crippen molar-refractivity contribution >= 4 is 0 Å². The molecule has 100 valence electrons. The van der Waals surface area contributed by atoms with E-state index in [4.69, 9.17) is 9.26 Å². The van der Waals surface area contributed by atoms with E-state index < -0.39 is 0 Å². The van der Waals surface area contributed by atoms with E-state index in [1.807, 2.05) is 0 Å². The van der Waals surface area contributed by atoms with Crippen LogP contribution in [0.5, 0.6) is 0 Å². The van der Waals surface area contributed by atoms with Crippen LogP contribution in [0.25, 0.3) is 0 Å². The molecule has 3 rings (SSSR count). The van der Waals surface area contributed by atoms with Gasteiger partial charge in [-0.15, -0.1) is 0 Å². The number of rotatable bonds is 5. The second kappa shape index (κ2) is 4.97. The first-order valence-electron chi connectivity index (χ1n) is 6.94. The molecule has 0 atom stereocenters. The van der Waals surface area contributed by atoms with E-state index >= 15 is 0 Å². The van der Waals surface area contributed by atoms with Gasteiger partial charge in [-0.05, 0) is 25.7 Å². The molecule has 1 heterocycles. The summed E-state index contributed by atoms with van der Waals surface area (Å²) in [4.78, 5) is 4.51. The summed E-state index contributed by atoms with van der Waals surface area (Å²) in [6.07, 6.45) is 8.16. The fraction of sp³-hybridized carbons (Fsp3) is 0.846. The van der Waals surface area contributed by atoms with Crippen LogP contribution in [0.3, 0.4) is 0 Å². The van der Waals surface area contributed by atoms with Crippen molar-refractivity contribution in [3.8, 4) is 0 Å². The molecule has 2 aliphatic rings. The first kappa shape index (κ1) is 12.1. The van der Waals surface area contributed by atoms with Crippen LogP contribution in [-0.2, 0) is 16.9 Å². The maximum atomic E-state index is 5.71. The quantitative estimate of drug-likeness (QED) is 0.868. The average molecular weight is 251 g/mol. The fourth-order valence-electron chi connectivity index (χ4n) is 2.67. The van der Waals surface area contributed by atoms with Crippen molar-refractivity contribution < 1.29 is 9.26 Å². The molecule has 0 spiro atoms. The Kier molecular flexibility index (Phi) is 3.35. The zero-order valence-corrected chi connectivity index (χ0v) is 10.9. The van der Waals surface area contributed by atoms with Gasteiger partial charge in [-0.25, -0.2) is 0 Å². The first-order valence-corrected chi connectivity index (χ1v) is 6.94. The van der Waals surface area contributed by atoms with Crippen molar-refractivity contribution in [1.82, 2.24) is 15.5 Å². The van der Waals surface area contributed by atoms with Crippen LogP contribution in [0.1, 0.15) is 56.7 Å². The Morgan fingerprint density at radius 1 is 1.33 bits per heavy atom. The van der Waals surface area contributed by atoms with E-state index in [0.29, 0.717) is 18.5 Å². The lowest BCUT2D eigenvalue weighted by Gasteiger charge is -2.32. The largest absolute Gasteiger partial charge is 0.370 e. The molecule has 0 amide bonds. The van der Waals surface area contributed by atoms with Gasteiger partial charge in [0.05, 0.1) is 6.54 Å². The summed E-state index contributed by atoms with van der Waals surface area (Å²) in [5.74, 6) is 1.41. The molecule has 5 nitrogen and oxygen atoms in total. The number of aromatic nitrogens is 2. The van der Waals surface area contributed by atoms with Gasteiger partial charge in [-0.2, -0.15) is 4.98 Å². The van der Waals surface area contributed by atoms with Gasteiger partial charge in [0.2, 0.25) is 11.7 Å². The summed E-state index contributed by atoms with van der Waals surface area (Å²) in [6.45, 7) is 0.678. The monoisotopic (exact) mass is 251 g/mol. The number of methoxy groups -OCH3 is 1. The van der Waals surface area contributed by atoms with E-state index in [1.165, 1.54) is 32.1 Å². The fourth-order valence-corrected chi connectivity index (χ4v) is 2.67. The number of nitrogens with one attached hydrogen (secondary N) is 1. The molecule has 0 aromatic carbocycles. The predicted molar refractivity (Wildman–Crippen MR) is 65.9 cm³/mol. The van der Waals surface area contributed by atoms with Crippen LogP contribution in [0.4, 0.5) is 0 Å². The van der Waals surface area contributed by atoms with Crippen LogP contribution >= 0.6 is 0 Å². The van der Waals surface area contributed by atoms with Gasteiger partial charge < -0.3 is 14.6 Å². The van der Waals surface area contributed by atoms with E-state index in [9.17, 15) is 0 Å². The smallest absolute Gasteiger partial charge is 0.240 e.